The Morgan fingerprint density at radius 3 is 2.15 bits per heavy atom. The highest BCUT2D eigenvalue weighted by molar-refractivity contribution is 5.18. The molecule has 0 saturated heterocycles. The van der Waals surface area contributed by atoms with E-state index in [0.29, 0.717) is 0 Å². The number of hydrogen-bond acceptors (Lipinski definition) is 4. The third-order valence-electron chi connectivity index (χ3n) is 3.77. The van der Waals surface area contributed by atoms with Crippen molar-refractivity contribution in [1.29, 1.82) is 0 Å². The van der Waals surface area contributed by atoms with E-state index >= 15 is 0 Å². The first-order valence-corrected chi connectivity index (χ1v) is 7.15. The Balaban J connectivity index is 2.70. The van der Waals surface area contributed by atoms with Crippen LogP contribution in [-0.2, 0) is 0 Å². The van der Waals surface area contributed by atoms with E-state index in [1.165, 1.54) is 6.42 Å². The average Bonchev–Trinajstić information content (AvgIpc) is 2.42. The molecule has 0 radical (unpaired) electrons. The maximum Gasteiger partial charge on any atom is 0.253 e. The molecule has 0 bridgehead atoms. The summed E-state index contributed by atoms with van der Waals surface area (Å²) in [7, 11) is 0. The molecule has 6 nitrogen and oxygen atoms in total. The molecule has 0 aromatic heterocycles. The first-order valence-electron chi connectivity index (χ1n) is 7.15. The van der Waals surface area contributed by atoms with Crippen molar-refractivity contribution in [3.8, 4) is 0 Å². The Morgan fingerprint density at radius 2 is 1.70 bits per heavy atom. The highest BCUT2D eigenvalue weighted by atomic mass is 16.6. The molecule has 0 aromatic rings. The molecule has 0 saturated carbocycles. The lowest BCUT2D eigenvalue weighted by Crippen LogP contribution is -2.18. The highest BCUT2D eigenvalue weighted by Crippen LogP contribution is 2.30. The molecule has 0 spiro atoms. The number of allylic oxidation sites excluding steroid dienone is 2. The third-order valence-corrected chi connectivity index (χ3v) is 3.77. The van der Waals surface area contributed by atoms with Crippen LogP contribution in [0.15, 0.2) is 23.5 Å². The van der Waals surface area contributed by atoms with Gasteiger partial charge in [0, 0.05) is 5.92 Å². The Labute approximate surface area is 118 Å². The van der Waals surface area contributed by atoms with E-state index < -0.39 is 9.85 Å². The Kier molecular flexibility index (Phi) is 6.35. The van der Waals surface area contributed by atoms with E-state index in [2.05, 4.69) is 6.92 Å². The lowest BCUT2D eigenvalue weighted by Gasteiger charge is -2.19. The van der Waals surface area contributed by atoms with Crippen LogP contribution in [-0.4, -0.2) is 9.85 Å². The van der Waals surface area contributed by atoms with Gasteiger partial charge in [-0.15, -0.1) is 0 Å². The Bertz CT molecular complexity index is 399. The first kappa shape index (κ1) is 16.3. The van der Waals surface area contributed by atoms with Crippen LogP contribution in [0.1, 0.15) is 52.4 Å². The fourth-order valence-electron chi connectivity index (χ4n) is 2.46. The average molecular weight is 282 g/mol. The molecule has 1 atom stereocenters. The van der Waals surface area contributed by atoms with Crippen LogP contribution in [0.5, 0.6) is 0 Å². The number of unbranched alkanes of at least 4 members (excludes halogenated alkanes) is 3. The first-order chi connectivity index (χ1) is 9.45. The second-order valence-corrected chi connectivity index (χ2v) is 5.41. The number of rotatable bonds is 8. The van der Waals surface area contributed by atoms with Gasteiger partial charge in [-0.3, -0.25) is 20.2 Å². The zero-order valence-electron chi connectivity index (χ0n) is 12.1. The summed E-state index contributed by atoms with van der Waals surface area (Å²) in [6.45, 7) is 4.15. The summed E-state index contributed by atoms with van der Waals surface area (Å²) in [4.78, 5) is 20.7. The molecule has 112 valence electrons. The van der Waals surface area contributed by atoms with E-state index in [0.717, 1.165) is 25.7 Å². The van der Waals surface area contributed by atoms with Crippen LogP contribution >= 0.6 is 0 Å². The summed E-state index contributed by atoms with van der Waals surface area (Å²) in [5, 5.41) is 21.8. The van der Waals surface area contributed by atoms with E-state index in [4.69, 9.17) is 0 Å². The van der Waals surface area contributed by atoms with E-state index in [-0.39, 0.29) is 29.7 Å². The van der Waals surface area contributed by atoms with Crippen LogP contribution in [0.2, 0.25) is 0 Å². The van der Waals surface area contributed by atoms with Gasteiger partial charge >= 0.3 is 0 Å². The molecular weight excluding hydrogens is 260 g/mol. The molecule has 0 aliphatic heterocycles. The van der Waals surface area contributed by atoms with Gasteiger partial charge in [-0.25, -0.2) is 0 Å². The fourth-order valence-corrected chi connectivity index (χ4v) is 2.46. The zero-order chi connectivity index (χ0) is 15.1. The third kappa shape index (κ3) is 4.75. The van der Waals surface area contributed by atoms with Crippen molar-refractivity contribution in [3.63, 3.8) is 0 Å². The summed E-state index contributed by atoms with van der Waals surface area (Å²) < 4.78 is 0. The van der Waals surface area contributed by atoms with Crippen molar-refractivity contribution >= 4 is 0 Å². The SMILES string of the molecule is CCCCCCC(C)C1C=C([N+](=O)[O-])CC([N+](=O)[O-])=C1. The molecule has 1 aliphatic carbocycles. The van der Waals surface area contributed by atoms with Crippen molar-refractivity contribution in [2.24, 2.45) is 11.8 Å². The minimum Gasteiger partial charge on any atom is -0.259 e. The standard InChI is InChI=1S/C14H22N2O4/c1-3-4-5-6-7-11(2)12-8-13(15(17)18)10-14(9-12)16(19)20/h8-9,11-12H,3-7,10H2,1-2H3. The molecule has 1 rings (SSSR count). The summed E-state index contributed by atoms with van der Waals surface area (Å²) in [6.07, 6.45) is 8.47. The molecule has 20 heavy (non-hydrogen) atoms. The number of hydrogen-bond donors (Lipinski definition) is 0. The summed E-state index contributed by atoms with van der Waals surface area (Å²) in [5.41, 5.74) is -0.103. The normalized spacial score (nSPS) is 17.3. The number of nitrogens with zero attached hydrogens (tertiary/aromatic N) is 2. The van der Waals surface area contributed by atoms with Crippen molar-refractivity contribution in [3.05, 3.63) is 43.8 Å². The van der Waals surface area contributed by atoms with Crippen LogP contribution < -0.4 is 0 Å². The largest absolute Gasteiger partial charge is 0.259 e. The molecule has 1 aliphatic rings. The van der Waals surface area contributed by atoms with Crippen molar-refractivity contribution in [2.75, 3.05) is 0 Å². The molecule has 0 N–H and O–H groups in total. The Morgan fingerprint density at radius 1 is 1.15 bits per heavy atom. The molecule has 0 amide bonds. The van der Waals surface area contributed by atoms with Gasteiger partial charge in [-0.05, 0) is 24.5 Å². The van der Waals surface area contributed by atoms with Gasteiger partial charge in [0.05, 0.1) is 9.85 Å². The zero-order valence-corrected chi connectivity index (χ0v) is 12.1. The summed E-state index contributed by atoms with van der Waals surface area (Å²) in [5.74, 6) is -0.0109. The smallest absolute Gasteiger partial charge is 0.253 e. The topological polar surface area (TPSA) is 86.3 Å². The minimum atomic E-state index is -0.507. The maximum atomic E-state index is 10.9. The molecule has 1 unspecified atom stereocenters. The summed E-state index contributed by atoms with van der Waals surface area (Å²) >= 11 is 0. The van der Waals surface area contributed by atoms with Crippen molar-refractivity contribution in [2.45, 2.75) is 52.4 Å². The Hall–Kier alpha value is -1.72. The van der Waals surface area contributed by atoms with Gasteiger partial charge < -0.3 is 0 Å². The van der Waals surface area contributed by atoms with Crippen LogP contribution in [0.25, 0.3) is 0 Å². The quantitative estimate of drug-likeness (QED) is 0.383. The molecule has 0 fully saturated rings. The predicted molar refractivity (Wildman–Crippen MR) is 76.2 cm³/mol. The molecular formula is C14H22N2O4. The maximum absolute atomic E-state index is 10.9. The second-order valence-electron chi connectivity index (χ2n) is 5.41. The lowest BCUT2D eigenvalue weighted by molar-refractivity contribution is -0.451. The van der Waals surface area contributed by atoms with E-state index in [1.54, 1.807) is 12.2 Å². The van der Waals surface area contributed by atoms with Crippen LogP contribution in [0.4, 0.5) is 0 Å². The van der Waals surface area contributed by atoms with Gasteiger partial charge in [0.2, 0.25) is 0 Å². The van der Waals surface area contributed by atoms with Gasteiger partial charge in [0.1, 0.15) is 6.42 Å². The molecule has 0 aromatic carbocycles. The predicted octanol–water partition coefficient (Wildman–Crippen LogP) is 3.93. The van der Waals surface area contributed by atoms with Crippen LogP contribution in [0, 0.1) is 32.1 Å². The molecule has 0 heterocycles. The summed E-state index contributed by atoms with van der Waals surface area (Å²) in [6, 6.07) is 0. The van der Waals surface area contributed by atoms with Crippen LogP contribution in [0.3, 0.4) is 0 Å². The van der Waals surface area contributed by atoms with E-state index in [1.807, 2.05) is 6.92 Å². The number of nitro groups is 2. The van der Waals surface area contributed by atoms with Gasteiger partial charge in [-0.2, -0.15) is 0 Å². The van der Waals surface area contributed by atoms with Gasteiger partial charge in [-0.1, -0.05) is 39.5 Å². The van der Waals surface area contributed by atoms with Gasteiger partial charge in [0.15, 0.2) is 0 Å². The fraction of sp³-hybridized carbons (Fsp3) is 0.714. The highest BCUT2D eigenvalue weighted by Gasteiger charge is 2.30. The monoisotopic (exact) mass is 282 g/mol. The van der Waals surface area contributed by atoms with Crippen molar-refractivity contribution < 1.29 is 9.85 Å². The van der Waals surface area contributed by atoms with E-state index in [9.17, 15) is 20.2 Å². The second kappa shape index (κ2) is 7.77. The van der Waals surface area contributed by atoms with Gasteiger partial charge in [0.25, 0.3) is 11.4 Å². The lowest BCUT2D eigenvalue weighted by atomic mass is 9.85. The minimum absolute atomic E-state index is 0.0513. The van der Waals surface area contributed by atoms with Crippen molar-refractivity contribution in [1.82, 2.24) is 0 Å². The molecule has 6 heteroatoms.